The van der Waals surface area contributed by atoms with Gasteiger partial charge in [-0.05, 0) is 67.1 Å². The molecule has 8 nitrogen and oxygen atoms in total. The molecule has 0 atom stereocenters. The molecule has 0 fully saturated rings. The fraction of sp³-hybridized carbons (Fsp3) is 0.0385. The van der Waals surface area contributed by atoms with Gasteiger partial charge in [-0.3, -0.25) is 9.59 Å². The first-order chi connectivity index (χ1) is 16.5. The van der Waals surface area contributed by atoms with Crippen LogP contribution in [0.4, 0.5) is 27.5 Å². The molecule has 0 radical (unpaired) electrons. The maximum absolute atomic E-state index is 12.8. The lowest BCUT2D eigenvalue weighted by atomic mass is 10.1. The molecule has 0 unspecified atom stereocenters. The van der Waals surface area contributed by atoms with Crippen LogP contribution in [-0.4, -0.2) is 17.8 Å². The van der Waals surface area contributed by atoms with Crippen molar-refractivity contribution < 1.29 is 18.8 Å². The third kappa shape index (κ3) is 5.68. The predicted molar refractivity (Wildman–Crippen MR) is 131 cm³/mol. The van der Waals surface area contributed by atoms with E-state index >= 15 is 0 Å². The van der Waals surface area contributed by atoms with Crippen molar-refractivity contribution in [3.05, 3.63) is 108 Å². The number of rotatable bonds is 6. The number of hydrogen-bond donors (Lipinski definition) is 4. The lowest BCUT2D eigenvalue weighted by Crippen LogP contribution is -2.19. The average molecular weight is 454 g/mol. The van der Waals surface area contributed by atoms with Gasteiger partial charge >= 0.3 is 6.03 Å². The molecule has 3 aromatic carbocycles. The van der Waals surface area contributed by atoms with Crippen LogP contribution in [0.3, 0.4) is 0 Å². The second-order valence-electron chi connectivity index (χ2n) is 7.44. The Morgan fingerprint density at radius 2 is 1.35 bits per heavy atom. The van der Waals surface area contributed by atoms with Gasteiger partial charge in [-0.2, -0.15) is 0 Å². The van der Waals surface area contributed by atoms with E-state index in [2.05, 4.69) is 21.3 Å². The molecule has 0 spiro atoms. The third-order valence-corrected chi connectivity index (χ3v) is 4.90. The highest BCUT2D eigenvalue weighted by molar-refractivity contribution is 6.07. The number of benzene rings is 3. The van der Waals surface area contributed by atoms with E-state index in [1.54, 1.807) is 66.7 Å². The summed E-state index contributed by atoms with van der Waals surface area (Å²) < 4.78 is 5.11. The van der Waals surface area contributed by atoms with Gasteiger partial charge in [-0.15, -0.1) is 0 Å². The van der Waals surface area contributed by atoms with Crippen LogP contribution in [0.25, 0.3) is 0 Å². The number of hydrogen-bond acceptors (Lipinski definition) is 4. The minimum Gasteiger partial charge on any atom is -0.459 e. The lowest BCUT2D eigenvalue weighted by Gasteiger charge is -2.12. The summed E-state index contributed by atoms with van der Waals surface area (Å²) in [6.45, 7) is 1.83. The largest absolute Gasteiger partial charge is 0.459 e. The second-order valence-corrected chi connectivity index (χ2v) is 7.44. The summed E-state index contributed by atoms with van der Waals surface area (Å²) in [6.07, 6.45) is 1.42. The van der Waals surface area contributed by atoms with Crippen molar-refractivity contribution in [3.8, 4) is 0 Å². The number of para-hydroxylation sites is 1. The highest BCUT2D eigenvalue weighted by Gasteiger charge is 2.13. The van der Waals surface area contributed by atoms with Gasteiger partial charge in [0.1, 0.15) is 0 Å². The summed E-state index contributed by atoms with van der Waals surface area (Å²) in [4.78, 5) is 37.3. The standard InChI is InChI=1S/C26H22N4O4/c1-17-12-13-18(15-22(17)30-25(32)23-11-6-14-34-23)24(31)27-20-9-5-10-21(16-20)29-26(33)28-19-7-3-2-4-8-19/h2-16H,1H3,(H,27,31)(H,30,32)(H2,28,29,33). The summed E-state index contributed by atoms with van der Waals surface area (Å²) in [5, 5.41) is 11.0. The Morgan fingerprint density at radius 3 is 2.09 bits per heavy atom. The van der Waals surface area contributed by atoms with Crippen molar-refractivity contribution in [2.75, 3.05) is 21.3 Å². The van der Waals surface area contributed by atoms with Crippen LogP contribution in [0.2, 0.25) is 0 Å². The van der Waals surface area contributed by atoms with Crippen molar-refractivity contribution in [2.45, 2.75) is 6.92 Å². The molecule has 1 heterocycles. The van der Waals surface area contributed by atoms with Gasteiger partial charge in [0, 0.05) is 28.3 Å². The highest BCUT2D eigenvalue weighted by atomic mass is 16.3. The van der Waals surface area contributed by atoms with Crippen LogP contribution in [0.15, 0.2) is 95.6 Å². The van der Waals surface area contributed by atoms with E-state index in [0.717, 1.165) is 5.56 Å². The Labute approximate surface area is 196 Å². The maximum Gasteiger partial charge on any atom is 0.323 e. The normalized spacial score (nSPS) is 10.3. The number of aryl methyl sites for hydroxylation is 1. The minimum absolute atomic E-state index is 0.176. The number of nitrogens with one attached hydrogen (secondary N) is 4. The molecule has 0 aliphatic rings. The number of furan rings is 1. The van der Waals surface area contributed by atoms with Crippen molar-refractivity contribution in [3.63, 3.8) is 0 Å². The number of urea groups is 1. The summed E-state index contributed by atoms with van der Waals surface area (Å²) in [5.74, 6) is -0.590. The van der Waals surface area contributed by atoms with E-state index in [1.165, 1.54) is 6.26 Å². The molecule has 0 bridgehead atoms. The van der Waals surface area contributed by atoms with Crippen molar-refractivity contribution in [1.82, 2.24) is 0 Å². The van der Waals surface area contributed by atoms with Gasteiger partial charge in [-0.25, -0.2) is 4.79 Å². The molecule has 8 heteroatoms. The van der Waals surface area contributed by atoms with Gasteiger partial charge in [-0.1, -0.05) is 30.3 Å². The molecule has 0 aliphatic carbocycles. The van der Waals surface area contributed by atoms with E-state index in [1.807, 2.05) is 25.1 Å². The number of anilines is 4. The number of carbonyl (C=O) groups is 3. The molecule has 4 N–H and O–H groups in total. The average Bonchev–Trinajstić information content (AvgIpc) is 3.36. The molecular formula is C26H22N4O4. The molecule has 0 saturated heterocycles. The highest BCUT2D eigenvalue weighted by Crippen LogP contribution is 2.21. The maximum atomic E-state index is 12.8. The van der Waals surface area contributed by atoms with E-state index in [9.17, 15) is 14.4 Å². The molecule has 4 aromatic rings. The van der Waals surface area contributed by atoms with Gasteiger partial charge < -0.3 is 25.7 Å². The Kier molecular flexibility index (Phi) is 6.69. The molecule has 170 valence electrons. The Bertz CT molecular complexity index is 1320. The first-order valence-electron chi connectivity index (χ1n) is 10.5. The van der Waals surface area contributed by atoms with Gasteiger partial charge in [0.2, 0.25) is 0 Å². The zero-order chi connectivity index (χ0) is 23.9. The molecule has 4 amide bonds. The molecule has 1 aromatic heterocycles. The third-order valence-electron chi connectivity index (χ3n) is 4.90. The number of carbonyl (C=O) groups excluding carboxylic acids is 3. The Balaban J connectivity index is 1.41. The molecule has 0 aliphatic heterocycles. The van der Waals surface area contributed by atoms with Crippen LogP contribution in [0.5, 0.6) is 0 Å². The smallest absolute Gasteiger partial charge is 0.323 e. The fourth-order valence-electron chi connectivity index (χ4n) is 3.18. The molecule has 0 saturated carbocycles. The molecular weight excluding hydrogens is 432 g/mol. The van der Waals surface area contributed by atoms with Crippen LogP contribution in [0, 0.1) is 6.92 Å². The van der Waals surface area contributed by atoms with E-state index in [4.69, 9.17) is 4.42 Å². The van der Waals surface area contributed by atoms with Crippen molar-refractivity contribution in [2.24, 2.45) is 0 Å². The van der Waals surface area contributed by atoms with Crippen LogP contribution < -0.4 is 21.3 Å². The zero-order valence-electron chi connectivity index (χ0n) is 18.3. The predicted octanol–water partition coefficient (Wildman–Crippen LogP) is 5.74. The Hall–Kier alpha value is -4.85. The summed E-state index contributed by atoms with van der Waals surface area (Å²) in [7, 11) is 0. The van der Waals surface area contributed by atoms with E-state index < -0.39 is 11.9 Å². The van der Waals surface area contributed by atoms with E-state index in [-0.39, 0.29) is 11.7 Å². The van der Waals surface area contributed by atoms with Crippen molar-refractivity contribution in [1.29, 1.82) is 0 Å². The molecule has 4 rings (SSSR count). The fourth-order valence-corrected chi connectivity index (χ4v) is 3.18. The van der Waals surface area contributed by atoms with E-state index in [0.29, 0.717) is 28.3 Å². The van der Waals surface area contributed by atoms with Crippen molar-refractivity contribution >= 4 is 40.6 Å². The van der Waals surface area contributed by atoms with Gasteiger partial charge in [0.05, 0.1) is 6.26 Å². The topological polar surface area (TPSA) is 112 Å². The summed E-state index contributed by atoms with van der Waals surface area (Å²) >= 11 is 0. The Morgan fingerprint density at radius 1 is 0.647 bits per heavy atom. The van der Waals surface area contributed by atoms with Gasteiger partial charge in [0.25, 0.3) is 11.8 Å². The quantitative estimate of drug-likeness (QED) is 0.298. The van der Waals surface area contributed by atoms with Crippen LogP contribution >= 0.6 is 0 Å². The second kappa shape index (κ2) is 10.2. The summed E-state index contributed by atoms with van der Waals surface area (Å²) in [5.41, 5.74) is 3.35. The monoisotopic (exact) mass is 454 g/mol. The zero-order valence-corrected chi connectivity index (χ0v) is 18.3. The minimum atomic E-state index is -0.404. The van der Waals surface area contributed by atoms with Crippen LogP contribution in [-0.2, 0) is 0 Å². The first kappa shape index (κ1) is 22.3. The SMILES string of the molecule is Cc1ccc(C(=O)Nc2cccc(NC(=O)Nc3ccccc3)c2)cc1NC(=O)c1ccco1. The first-order valence-corrected chi connectivity index (χ1v) is 10.5. The molecule has 34 heavy (non-hydrogen) atoms. The van der Waals surface area contributed by atoms with Crippen LogP contribution in [0.1, 0.15) is 26.5 Å². The summed E-state index contributed by atoms with van der Waals surface area (Å²) in [6, 6.07) is 23.7. The van der Waals surface area contributed by atoms with Gasteiger partial charge in [0.15, 0.2) is 5.76 Å². The lowest BCUT2D eigenvalue weighted by molar-refractivity contribution is 0.0993. The number of amides is 4.